The molecule has 1 aliphatic rings. The Morgan fingerprint density at radius 2 is 1.61 bits per heavy atom. The molecule has 1 aromatic carbocycles. The largest absolute Gasteiger partial charge is 0.508 e. The highest BCUT2D eigenvalue weighted by molar-refractivity contribution is 5.38. The number of aromatic hydroxyl groups is 1. The quantitative estimate of drug-likeness (QED) is 0.735. The number of phenolic OH excluding ortho intramolecular Hbond substituents is 1. The first-order valence-electron chi connectivity index (χ1n) is 7.48. The third kappa shape index (κ3) is 5.12. The molecule has 0 spiro atoms. The number of hydrogen-bond acceptors (Lipinski definition) is 1. The maximum Gasteiger partial charge on any atom is 0.115 e. The number of phenols is 1. The Morgan fingerprint density at radius 3 is 2.22 bits per heavy atom. The van der Waals surface area contributed by atoms with Gasteiger partial charge in [0, 0.05) is 0 Å². The molecule has 1 unspecified atom stereocenters. The van der Waals surface area contributed by atoms with Crippen LogP contribution >= 0.6 is 0 Å². The lowest BCUT2D eigenvalue weighted by atomic mass is 10.1. The molecule has 1 heteroatoms. The fraction of sp³-hybridized carbons (Fsp3) is 0.647. The van der Waals surface area contributed by atoms with Gasteiger partial charge < -0.3 is 5.11 Å². The van der Waals surface area contributed by atoms with Gasteiger partial charge in [-0.1, -0.05) is 58.9 Å². The van der Waals surface area contributed by atoms with Crippen molar-refractivity contribution in [1.29, 1.82) is 0 Å². The zero-order valence-electron chi connectivity index (χ0n) is 12.2. The lowest BCUT2D eigenvalue weighted by Gasteiger charge is -1.97. The zero-order valence-corrected chi connectivity index (χ0v) is 12.2. The number of fused-ring (bicyclic) bond motifs is 1. The SMILES string of the molecule is CC1Cc2ccc(O)cc2C1.CCCCCCC. The van der Waals surface area contributed by atoms with Crippen LogP contribution in [0.2, 0.25) is 0 Å². The molecule has 0 heterocycles. The average molecular weight is 248 g/mol. The van der Waals surface area contributed by atoms with Crippen molar-refractivity contribution in [3.05, 3.63) is 29.3 Å². The molecule has 1 N–H and O–H groups in total. The van der Waals surface area contributed by atoms with Crippen LogP contribution in [0.15, 0.2) is 18.2 Å². The van der Waals surface area contributed by atoms with E-state index in [-0.39, 0.29) is 0 Å². The maximum atomic E-state index is 9.18. The molecular formula is C17H28O. The minimum Gasteiger partial charge on any atom is -0.508 e. The number of hydrogen-bond donors (Lipinski definition) is 1. The molecule has 1 nitrogen and oxygen atoms in total. The van der Waals surface area contributed by atoms with Crippen molar-refractivity contribution in [2.45, 2.75) is 65.7 Å². The van der Waals surface area contributed by atoms with Gasteiger partial charge in [0.15, 0.2) is 0 Å². The van der Waals surface area contributed by atoms with Crippen LogP contribution in [0.4, 0.5) is 0 Å². The lowest BCUT2D eigenvalue weighted by molar-refractivity contribution is 0.474. The van der Waals surface area contributed by atoms with E-state index in [9.17, 15) is 5.11 Å². The molecule has 0 amide bonds. The van der Waals surface area contributed by atoms with E-state index in [1.165, 1.54) is 49.7 Å². The van der Waals surface area contributed by atoms with Gasteiger partial charge in [-0.2, -0.15) is 0 Å². The van der Waals surface area contributed by atoms with E-state index in [1.807, 2.05) is 12.1 Å². The van der Waals surface area contributed by atoms with Crippen LogP contribution in [-0.4, -0.2) is 5.11 Å². The van der Waals surface area contributed by atoms with E-state index < -0.39 is 0 Å². The zero-order chi connectivity index (χ0) is 13.4. The summed E-state index contributed by atoms with van der Waals surface area (Å²) in [6.07, 6.45) is 9.31. The summed E-state index contributed by atoms with van der Waals surface area (Å²) in [5, 5.41) is 9.18. The van der Waals surface area contributed by atoms with E-state index in [4.69, 9.17) is 0 Å². The van der Waals surface area contributed by atoms with Gasteiger partial charge >= 0.3 is 0 Å². The predicted molar refractivity (Wildman–Crippen MR) is 79.1 cm³/mol. The Kier molecular flexibility index (Phi) is 6.85. The molecule has 18 heavy (non-hydrogen) atoms. The Balaban J connectivity index is 0.000000203. The van der Waals surface area contributed by atoms with E-state index in [0.29, 0.717) is 5.75 Å². The van der Waals surface area contributed by atoms with Gasteiger partial charge in [0.1, 0.15) is 5.75 Å². The Labute approximate surface area is 112 Å². The summed E-state index contributed by atoms with van der Waals surface area (Å²) in [4.78, 5) is 0. The summed E-state index contributed by atoms with van der Waals surface area (Å²) < 4.78 is 0. The molecule has 2 rings (SSSR count). The van der Waals surface area contributed by atoms with Crippen molar-refractivity contribution in [2.24, 2.45) is 5.92 Å². The van der Waals surface area contributed by atoms with Gasteiger partial charge in [0.25, 0.3) is 0 Å². The minimum absolute atomic E-state index is 0.401. The first-order chi connectivity index (χ1) is 8.67. The van der Waals surface area contributed by atoms with Crippen LogP contribution in [0.25, 0.3) is 0 Å². The molecule has 1 atom stereocenters. The standard InChI is InChI=1S/C10H12O.C7H16/c1-7-4-8-2-3-10(11)6-9(8)5-7;1-3-5-7-6-4-2/h2-3,6-7,11H,4-5H2,1H3;3-7H2,1-2H3. The van der Waals surface area contributed by atoms with Crippen LogP contribution in [0.3, 0.4) is 0 Å². The van der Waals surface area contributed by atoms with Gasteiger partial charge in [0.2, 0.25) is 0 Å². The fourth-order valence-corrected chi connectivity index (χ4v) is 2.50. The summed E-state index contributed by atoms with van der Waals surface area (Å²) in [6.45, 7) is 6.74. The van der Waals surface area contributed by atoms with Gasteiger partial charge in [-0.25, -0.2) is 0 Å². The topological polar surface area (TPSA) is 20.2 Å². The first-order valence-corrected chi connectivity index (χ1v) is 7.48. The molecule has 0 saturated heterocycles. The highest BCUT2D eigenvalue weighted by atomic mass is 16.3. The third-order valence-electron chi connectivity index (χ3n) is 3.53. The fourth-order valence-electron chi connectivity index (χ4n) is 2.50. The van der Waals surface area contributed by atoms with Crippen molar-refractivity contribution in [3.8, 4) is 5.75 Å². The van der Waals surface area contributed by atoms with Crippen molar-refractivity contribution >= 4 is 0 Å². The second kappa shape index (κ2) is 8.18. The number of benzene rings is 1. The van der Waals surface area contributed by atoms with Gasteiger partial charge in [0.05, 0.1) is 0 Å². The maximum absolute atomic E-state index is 9.18. The van der Waals surface area contributed by atoms with E-state index in [1.54, 1.807) is 6.07 Å². The van der Waals surface area contributed by atoms with Crippen LogP contribution in [0.5, 0.6) is 5.75 Å². The van der Waals surface area contributed by atoms with Crippen LogP contribution in [-0.2, 0) is 12.8 Å². The highest BCUT2D eigenvalue weighted by Gasteiger charge is 2.17. The molecule has 0 radical (unpaired) electrons. The summed E-state index contributed by atoms with van der Waals surface area (Å²) in [5.41, 5.74) is 2.74. The molecule has 1 aliphatic carbocycles. The van der Waals surface area contributed by atoms with E-state index in [0.717, 1.165) is 12.3 Å². The van der Waals surface area contributed by atoms with Crippen LogP contribution < -0.4 is 0 Å². The summed E-state index contributed by atoms with van der Waals surface area (Å²) >= 11 is 0. The normalized spacial score (nSPS) is 16.9. The van der Waals surface area contributed by atoms with Gasteiger partial charge in [-0.15, -0.1) is 0 Å². The molecule has 1 aromatic rings. The van der Waals surface area contributed by atoms with E-state index in [2.05, 4.69) is 20.8 Å². The second-order valence-corrected chi connectivity index (χ2v) is 5.53. The molecule has 102 valence electrons. The highest BCUT2D eigenvalue weighted by Crippen LogP contribution is 2.28. The Morgan fingerprint density at radius 1 is 1.00 bits per heavy atom. The summed E-state index contributed by atoms with van der Waals surface area (Å²) in [5.74, 6) is 1.16. The Bertz CT molecular complexity index is 339. The van der Waals surface area contributed by atoms with Crippen molar-refractivity contribution < 1.29 is 5.11 Å². The van der Waals surface area contributed by atoms with Crippen LogP contribution in [0.1, 0.15) is 64.0 Å². The van der Waals surface area contributed by atoms with Crippen LogP contribution in [0, 0.1) is 5.92 Å². The van der Waals surface area contributed by atoms with Gasteiger partial charge in [-0.3, -0.25) is 0 Å². The first kappa shape index (κ1) is 15.1. The van der Waals surface area contributed by atoms with Crippen molar-refractivity contribution in [1.82, 2.24) is 0 Å². The molecule has 0 aromatic heterocycles. The second-order valence-electron chi connectivity index (χ2n) is 5.53. The minimum atomic E-state index is 0.401. The summed E-state index contributed by atoms with van der Waals surface area (Å²) in [7, 11) is 0. The molecule has 0 aliphatic heterocycles. The third-order valence-corrected chi connectivity index (χ3v) is 3.53. The predicted octanol–water partition coefficient (Wildman–Crippen LogP) is 5.10. The van der Waals surface area contributed by atoms with Crippen molar-refractivity contribution in [3.63, 3.8) is 0 Å². The number of unbranched alkanes of at least 4 members (excludes halogenated alkanes) is 4. The molecule has 0 bridgehead atoms. The van der Waals surface area contributed by atoms with Gasteiger partial charge in [-0.05, 0) is 42.0 Å². The average Bonchev–Trinajstić information content (AvgIpc) is 2.70. The van der Waals surface area contributed by atoms with E-state index >= 15 is 0 Å². The lowest BCUT2D eigenvalue weighted by Crippen LogP contribution is -1.89. The molecule has 0 fully saturated rings. The molecular weight excluding hydrogens is 220 g/mol. The van der Waals surface area contributed by atoms with Crippen molar-refractivity contribution in [2.75, 3.05) is 0 Å². The molecule has 0 saturated carbocycles. The summed E-state index contributed by atoms with van der Waals surface area (Å²) in [6, 6.07) is 5.70. The Hall–Kier alpha value is -0.980. The smallest absolute Gasteiger partial charge is 0.115 e. The monoisotopic (exact) mass is 248 g/mol. The number of rotatable bonds is 4.